The van der Waals surface area contributed by atoms with E-state index < -0.39 is 11.9 Å². The Balaban J connectivity index is 1.88. The smallest absolute Gasteiger partial charge is 0.330 e. The summed E-state index contributed by atoms with van der Waals surface area (Å²) < 4.78 is 12.7. The number of nitrogens with one attached hydrogen (secondary N) is 1. The predicted molar refractivity (Wildman–Crippen MR) is 64.9 cm³/mol. The molecule has 2 saturated heterocycles. The van der Waals surface area contributed by atoms with Crippen molar-refractivity contribution in [2.75, 3.05) is 13.2 Å². The number of aryl methyl sites for hydroxylation is 1. The van der Waals surface area contributed by atoms with E-state index in [1.54, 1.807) is 6.92 Å². The second kappa shape index (κ2) is 4.59. The fourth-order valence-corrected chi connectivity index (χ4v) is 2.71. The van der Waals surface area contributed by atoms with E-state index in [1.807, 2.05) is 0 Å². The lowest BCUT2D eigenvalue weighted by Gasteiger charge is -2.18. The van der Waals surface area contributed by atoms with Crippen molar-refractivity contribution in [2.24, 2.45) is 5.92 Å². The molecule has 4 atom stereocenters. The van der Waals surface area contributed by atoms with E-state index in [0.717, 1.165) is 0 Å². The Morgan fingerprint density at radius 3 is 3.05 bits per heavy atom. The van der Waals surface area contributed by atoms with E-state index in [4.69, 9.17) is 9.47 Å². The molecular weight excluding hydrogens is 252 g/mol. The number of H-pyrrole nitrogens is 1. The number of hydrogen-bond donors (Lipinski definition) is 2. The molecule has 3 heterocycles. The normalized spacial score (nSPS) is 33.6. The van der Waals surface area contributed by atoms with Crippen LogP contribution in [0.5, 0.6) is 0 Å². The number of aliphatic hydroxyl groups is 1. The maximum absolute atomic E-state index is 11.8. The summed E-state index contributed by atoms with van der Waals surface area (Å²) in [6.45, 7) is 2.13. The highest BCUT2D eigenvalue weighted by atomic mass is 16.6. The molecule has 0 unspecified atom stereocenters. The van der Waals surface area contributed by atoms with Crippen molar-refractivity contribution >= 4 is 0 Å². The molecule has 0 radical (unpaired) electrons. The topological polar surface area (TPSA) is 93.6 Å². The Labute approximate surface area is 108 Å². The highest BCUT2D eigenvalue weighted by molar-refractivity contribution is 5.02. The number of fused-ring (bicyclic) bond motifs is 1. The molecule has 1 aromatic heterocycles. The summed E-state index contributed by atoms with van der Waals surface area (Å²) in [6.07, 6.45) is 1.32. The van der Waals surface area contributed by atoms with Gasteiger partial charge < -0.3 is 14.6 Å². The molecule has 2 fully saturated rings. The van der Waals surface area contributed by atoms with Crippen molar-refractivity contribution in [1.82, 2.24) is 9.55 Å². The third kappa shape index (κ3) is 2.03. The Kier molecular flexibility index (Phi) is 3.04. The minimum absolute atomic E-state index is 0.00738. The summed E-state index contributed by atoms with van der Waals surface area (Å²) in [5.41, 5.74) is -0.412. The first-order chi connectivity index (χ1) is 9.10. The number of ether oxygens (including phenoxy) is 2. The molecule has 0 saturated carbocycles. The number of rotatable bonds is 2. The first kappa shape index (κ1) is 12.6. The van der Waals surface area contributed by atoms with Gasteiger partial charge in [-0.1, -0.05) is 0 Å². The number of aliphatic hydroxyl groups excluding tert-OH is 1. The molecule has 0 amide bonds. The Hall–Kier alpha value is -1.44. The molecule has 0 spiro atoms. The van der Waals surface area contributed by atoms with Crippen LogP contribution in [0.4, 0.5) is 0 Å². The third-order valence-corrected chi connectivity index (χ3v) is 3.79. The molecule has 0 aliphatic carbocycles. The fourth-order valence-electron chi connectivity index (χ4n) is 2.71. The summed E-state index contributed by atoms with van der Waals surface area (Å²) in [5, 5.41) is 9.23. The molecule has 19 heavy (non-hydrogen) atoms. The predicted octanol–water partition coefficient (Wildman–Crippen LogP) is -0.860. The summed E-state index contributed by atoms with van der Waals surface area (Å²) >= 11 is 0. The number of hydrogen-bond acceptors (Lipinski definition) is 5. The minimum atomic E-state index is -0.485. The molecule has 104 valence electrons. The second-order valence-corrected chi connectivity index (χ2v) is 5.08. The van der Waals surface area contributed by atoms with Crippen LogP contribution >= 0.6 is 0 Å². The summed E-state index contributed by atoms with van der Waals surface area (Å²) in [4.78, 5) is 25.4. The highest BCUT2D eigenvalue weighted by Crippen LogP contribution is 2.38. The van der Waals surface area contributed by atoms with E-state index in [2.05, 4.69) is 4.98 Å². The van der Waals surface area contributed by atoms with Crippen molar-refractivity contribution in [1.29, 1.82) is 0 Å². The van der Waals surface area contributed by atoms with Gasteiger partial charge in [-0.25, -0.2) is 4.79 Å². The Morgan fingerprint density at radius 1 is 1.53 bits per heavy atom. The van der Waals surface area contributed by atoms with Crippen LogP contribution in [0.2, 0.25) is 0 Å². The minimum Gasteiger partial charge on any atom is -0.396 e. The van der Waals surface area contributed by atoms with Crippen LogP contribution in [-0.4, -0.2) is 40.1 Å². The molecule has 0 aromatic carbocycles. The number of aromatic nitrogens is 2. The summed E-state index contributed by atoms with van der Waals surface area (Å²) in [6, 6.07) is 0. The average molecular weight is 268 g/mol. The quantitative estimate of drug-likeness (QED) is 0.728. The monoisotopic (exact) mass is 268 g/mol. The van der Waals surface area contributed by atoms with Gasteiger partial charge in [-0.15, -0.1) is 0 Å². The van der Waals surface area contributed by atoms with E-state index in [1.165, 1.54) is 10.8 Å². The molecule has 3 rings (SSSR count). The highest BCUT2D eigenvalue weighted by Gasteiger charge is 2.46. The average Bonchev–Trinajstić information content (AvgIpc) is 2.93. The Morgan fingerprint density at radius 2 is 2.32 bits per heavy atom. The van der Waals surface area contributed by atoms with Gasteiger partial charge in [-0.3, -0.25) is 14.3 Å². The van der Waals surface area contributed by atoms with Crippen LogP contribution in [0.3, 0.4) is 0 Å². The summed E-state index contributed by atoms with van der Waals surface area (Å²) in [5.74, 6) is -0.0467. The zero-order valence-corrected chi connectivity index (χ0v) is 10.5. The largest absolute Gasteiger partial charge is 0.396 e. The van der Waals surface area contributed by atoms with Crippen molar-refractivity contribution in [3.05, 3.63) is 32.6 Å². The lowest BCUT2D eigenvalue weighted by atomic mass is 10.0. The standard InChI is InChI=1S/C12H16N2O5/c1-6-3-14(12(17)13-11(6)16)9-2-8-10(19-9)7(4-15)5-18-8/h3,7-10,15H,2,4-5H2,1H3,(H,13,16,17)/t7-,8-,9-,10-/m1/s1. The zero-order chi connectivity index (χ0) is 13.6. The molecule has 2 aliphatic rings. The molecule has 0 bridgehead atoms. The van der Waals surface area contributed by atoms with Crippen LogP contribution in [0.1, 0.15) is 18.2 Å². The first-order valence-corrected chi connectivity index (χ1v) is 6.30. The van der Waals surface area contributed by atoms with E-state index in [-0.39, 0.29) is 30.3 Å². The van der Waals surface area contributed by atoms with Gasteiger partial charge in [0, 0.05) is 24.1 Å². The first-order valence-electron chi connectivity index (χ1n) is 6.30. The van der Waals surface area contributed by atoms with Crippen LogP contribution in [0.25, 0.3) is 0 Å². The van der Waals surface area contributed by atoms with Crippen LogP contribution < -0.4 is 11.2 Å². The third-order valence-electron chi connectivity index (χ3n) is 3.79. The van der Waals surface area contributed by atoms with E-state index >= 15 is 0 Å². The lowest BCUT2D eigenvalue weighted by Crippen LogP contribution is -2.34. The van der Waals surface area contributed by atoms with Crippen molar-refractivity contribution in [2.45, 2.75) is 31.8 Å². The van der Waals surface area contributed by atoms with E-state index in [9.17, 15) is 14.7 Å². The van der Waals surface area contributed by atoms with Gasteiger partial charge in [0.15, 0.2) is 0 Å². The molecule has 2 N–H and O–H groups in total. The fraction of sp³-hybridized carbons (Fsp3) is 0.667. The van der Waals surface area contributed by atoms with Gasteiger partial charge >= 0.3 is 5.69 Å². The molecule has 2 aliphatic heterocycles. The summed E-state index contributed by atoms with van der Waals surface area (Å²) in [7, 11) is 0. The van der Waals surface area contributed by atoms with Gasteiger partial charge in [-0.05, 0) is 6.92 Å². The molecule has 7 nitrogen and oxygen atoms in total. The van der Waals surface area contributed by atoms with Gasteiger partial charge in [0.05, 0.1) is 25.4 Å². The second-order valence-electron chi connectivity index (χ2n) is 5.08. The van der Waals surface area contributed by atoms with Gasteiger partial charge in [0.25, 0.3) is 5.56 Å². The van der Waals surface area contributed by atoms with Crippen molar-refractivity contribution < 1.29 is 14.6 Å². The van der Waals surface area contributed by atoms with Crippen molar-refractivity contribution in [3.63, 3.8) is 0 Å². The van der Waals surface area contributed by atoms with Crippen LogP contribution in [-0.2, 0) is 9.47 Å². The molecule has 7 heteroatoms. The zero-order valence-electron chi connectivity index (χ0n) is 10.5. The lowest BCUT2D eigenvalue weighted by molar-refractivity contribution is -0.0299. The van der Waals surface area contributed by atoms with Crippen LogP contribution in [0, 0.1) is 12.8 Å². The van der Waals surface area contributed by atoms with E-state index in [0.29, 0.717) is 18.6 Å². The van der Waals surface area contributed by atoms with Gasteiger partial charge in [0.2, 0.25) is 0 Å². The Bertz CT molecular complexity index is 593. The molecular formula is C12H16N2O5. The number of aromatic amines is 1. The SMILES string of the molecule is Cc1cn([C@H]2C[C@H]3OC[C@@H](CO)[C@H]3O2)c(=O)[nH]c1=O. The van der Waals surface area contributed by atoms with Gasteiger partial charge in [-0.2, -0.15) is 0 Å². The maximum Gasteiger partial charge on any atom is 0.330 e. The van der Waals surface area contributed by atoms with Gasteiger partial charge in [0.1, 0.15) is 6.23 Å². The van der Waals surface area contributed by atoms with Crippen LogP contribution in [0.15, 0.2) is 15.8 Å². The van der Waals surface area contributed by atoms with Crippen molar-refractivity contribution in [3.8, 4) is 0 Å². The molecule has 1 aromatic rings. The maximum atomic E-state index is 11.8. The number of nitrogens with zero attached hydrogens (tertiary/aromatic N) is 1.